The van der Waals surface area contributed by atoms with Crippen LogP contribution in [0.4, 0.5) is 10.5 Å². The minimum atomic E-state index is -0.122. The van der Waals surface area contributed by atoms with Crippen LogP contribution in [0.3, 0.4) is 0 Å². The summed E-state index contributed by atoms with van der Waals surface area (Å²) in [4.78, 5) is 14.3. The van der Waals surface area contributed by atoms with Gasteiger partial charge in [0.05, 0.1) is 12.2 Å². The summed E-state index contributed by atoms with van der Waals surface area (Å²) in [7, 11) is 1.81. The first-order chi connectivity index (χ1) is 13.4. The molecule has 0 fully saturated rings. The van der Waals surface area contributed by atoms with E-state index in [0.717, 1.165) is 34.6 Å². The molecule has 0 aliphatic heterocycles. The molecule has 1 N–H and O–H groups in total. The molecule has 1 heterocycles. The molecule has 28 heavy (non-hydrogen) atoms. The Kier molecular flexibility index (Phi) is 6.14. The zero-order valence-electron chi connectivity index (χ0n) is 17.1. The molecule has 0 aliphatic carbocycles. The van der Waals surface area contributed by atoms with Gasteiger partial charge in [0, 0.05) is 25.0 Å². The largest absolute Gasteiger partial charge is 0.323 e. The number of carbonyl (C=O) groups excluding carboxylic acids is 1. The van der Waals surface area contributed by atoms with E-state index in [1.807, 2.05) is 49.8 Å². The van der Waals surface area contributed by atoms with Gasteiger partial charge in [-0.15, -0.1) is 0 Å². The van der Waals surface area contributed by atoms with Crippen LogP contribution in [0.1, 0.15) is 35.0 Å². The maximum Gasteiger partial charge on any atom is 0.321 e. The Bertz CT molecular complexity index is 943. The van der Waals surface area contributed by atoms with E-state index in [2.05, 4.69) is 47.7 Å². The van der Waals surface area contributed by atoms with E-state index in [0.29, 0.717) is 13.1 Å². The summed E-state index contributed by atoms with van der Waals surface area (Å²) in [5.74, 6) is 0. The first-order valence-corrected chi connectivity index (χ1v) is 9.64. The highest BCUT2D eigenvalue weighted by molar-refractivity contribution is 5.89. The van der Waals surface area contributed by atoms with E-state index in [4.69, 9.17) is 0 Å². The second-order valence-electron chi connectivity index (χ2n) is 7.24. The quantitative estimate of drug-likeness (QED) is 0.673. The maximum absolute atomic E-state index is 12.6. The lowest BCUT2D eigenvalue weighted by Crippen LogP contribution is -2.30. The molecule has 1 aromatic heterocycles. The van der Waals surface area contributed by atoms with Crippen LogP contribution in [0.2, 0.25) is 0 Å². The topological polar surface area (TPSA) is 50.2 Å². The highest BCUT2D eigenvalue weighted by Crippen LogP contribution is 2.15. The Balaban J connectivity index is 1.62. The number of anilines is 1. The van der Waals surface area contributed by atoms with Gasteiger partial charge in [0.2, 0.25) is 0 Å². The van der Waals surface area contributed by atoms with Gasteiger partial charge in [0.15, 0.2) is 0 Å². The number of urea groups is 1. The molecular formula is C23H28N4O. The minimum absolute atomic E-state index is 0.122. The zero-order chi connectivity index (χ0) is 20.1. The summed E-state index contributed by atoms with van der Waals surface area (Å²) in [5, 5.41) is 7.49. The molecule has 0 atom stereocenters. The molecule has 5 nitrogen and oxygen atoms in total. The Morgan fingerprint density at radius 3 is 2.39 bits per heavy atom. The Morgan fingerprint density at radius 2 is 1.75 bits per heavy atom. The van der Waals surface area contributed by atoms with Gasteiger partial charge in [-0.05, 0) is 55.2 Å². The number of nitrogens with zero attached hydrogens (tertiary/aromatic N) is 3. The number of hydrogen-bond acceptors (Lipinski definition) is 2. The van der Waals surface area contributed by atoms with Gasteiger partial charge >= 0.3 is 6.03 Å². The van der Waals surface area contributed by atoms with Gasteiger partial charge in [-0.25, -0.2) is 4.79 Å². The number of hydrogen-bond donors (Lipinski definition) is 1. The molecule has 2 amide bonds. The van der Waals surface area contributed by atoms with Crippen molar-refractivity contribution in [2.24, 2.45) is 0 Å². The van der Waals surface area contributed by atoms with Crippen molar-refractivity contribution in [2.45, 2.75) is 40.3 Å². The predicted octanol–water partition coefficient (Wildman–Crippen LogP) is 4.77. The second kappa shape index (κ2) is 8.74. The van der Waals surface area contributed by atoms with Crippen molar-refractivity contribution in [3.63, 3.8) is 0 Å². The molecule has 2 aromatic carbocycles. The third-order valence-corrected chi connectivity index (χ3v) is 4.81. The second-order valence-corrected chi connectivity index (χ2v) is 7.24. The standard InChI is InChI=1S/C23H28N4O/c1-5-19-9-11-20(12-10-19)15-26(4)23(28)24-22-8-6-7-21(14-22)16-27-18(3)13-17(2)25-27/h6-14H,5,15-16H2,1-4H3,(H,24,28). The van der Waals surface area contributed by atoms with E-state index < -0.39 is 0 Å². The number of carbonyl (C=O) groups is 1. The molecule has 3 aromatic rings. The van der Waals surface area contributed by atoms with Crippen molar-refractivity contribution in [2.75, 3.05) is 12.4 Å². The normalized spacial score (nSPS) is 10.7. The van der Waals surface area contributed by atoms with Crippen molar-refractivity contribution < 1.29 is 4.79 Å². The number of rotatable bonds is 6. The highest BCUT2D eigenvalue weighted by atomic mass is 16.2. The van der Waals surface area contributed by atoms with Gasteiger partial charge in [0.25, 0.3) is 0 Å². The first-order valence-electron chi connectivity index (χ1n) is 9.64. The summed E-state index contributed by atoms with van der Waals surface area (Å²) < 4.78 is 1.97. The average Bonchev–Trinajstić information content (AvgIpc) is 2.99. The minimum Gasteiger partial charge on any atom is -0.323 e. The SMILES string of the molecule is CCc1ccc(CN(C)C(=O)Nc2cccc(Cn3nc(C)cc3C)c2)cc1. The summed E-state index contributed by atoms with van der Waals surface area (Å²) in [5.41, 5.74) is 6.44. The summed E-state index contributed by atoms with van der Waals surface area (Å²) >= 11 is 0. The van der Waals surface area contributed by atoms with Crippen molar-refractivity contribution >= 4 is 11.7 Å². The Morgan fingerprint density at radius 1 is 1.04 bits per heavy atom. The third kappa shape index (κ3) is 5.00. The number of benzene rings is 2. The summed E-state index contributed by atoms with van der Waals surface area (Å²) in [6.07, 6.45) is 1.02. The first kappa shape index (κ1) is 19.7. The Hall–Kier alpha value is -3.08. The fourth-order valence-corrected chi connectivity index (χ4v) is 3.20. The van der Waals surface area contributed by atoms with Gasteiger partial charge in [-0.2, -0.15) is 5.10 Å². The smallest absolute Gasteiger partial charge is 0.321 e. The van der Waals surface area contributed by atoms with Crippen molar-refractivity contribution in [3.05, 3.63) is 82.7 Å². The van der Waals surface area contributed by atoms with Gasteiger partial charge in [0.1, 0.15) is 0 Å². The molecule has 0 unspecified atom stereocenters. The Labute approximate surface area is 167 Å². The predicted molar refractivity (Wildman–Crippen MR) is 114 cm³/mol. The van der Waals surface area contributed by atoms with E-state index >= 15 is 0 Å². The molecule has 5 heteroatoms. The number of aryl methyl sites for hydroxylation is 3. The molecule has 3 rings (SSSR count). The van der Waals surface area contributed by atoms with Crippen molar-refractivity contribution in [1.82, 2.24) is 14.7 Å². The summed E-state index contributed by atoms with van der Waals surface area (Å²) in [6.45, 7) is 7.43. The number of aromatic nitrogens is 2. The van der Waals surface area contributed by atoms with Gasteiger partial charge in [-0.1, -0.05) is 43.3 Å². The molecule has 0 radical (unpaired) electrons. The lowest BCUT2D eigenvalue weighted by Gasteiger charge is -2.18. The fraction of sp³-hybridized carbons (Fsp3) is 0.304. The van der Waals surface area contributed by atoms with Crippen LogP contribution in [0.15, 0.2) is 54.6 Å². The lowest BCUT2D eigenvalue weighted by molar-refractivity contribution is 0.220. The van der Waals surface area contributed by atoms with E-state index in [9.17, 15) is 4.79 Å². The van der Waals surface area contributed by atoms with Crippen LogP contribution in [-0.2, 0) is 19.5 Å². The molecule has 0 saturated carbocycles. The van der Waals surface area contributed by atoms with E-state index in [1.54, 1.807) is 4.90 Å². The maximum atomic E-state index is 12.6. The van der Waals surface area contributed by atoms with Crippen molar-refractivity contribution in [3.8, 4) is 0 Å². The van der Waals surface area contributed by atoms with Gasteiger partial charge < -0.3 is 10.2 Å². The monoisotopic (exact) mass is 376 g/mol. The van der Waals surface area contributed by atoms with Crippen LogP contribution in [0.25, 0.3) is 0 Å². The number of nitrogens with one attached hydrogen (secondary N) is 1. The van der Waals surface area contributed by atoms with Crippen molar-refractivity contribution in [1.29, 1.82) is 0 Å². The van der Waals surface area contributed by atoms with Gasteiger partial charge in [-0.3, -0.25) is 4.68 Å². The van der Waals surface area contributed by atoms with Crippen LogP contribution < -0.4 is 5.32 Å². The molecule has 0 bridgehead atoms. The highest BCUT2D eigenvalue weighted by Gasteiger charge is 2.10. The van der Waals surface area contributed by atoms with Crippen LogP contribution in [-0.4, -0.2) is 27.8 Å². The molecule has 0 spiro atoms. The molecule has 146 valence electrons. The van der Waals surface area contributed by atoms with Crippen LogP contribution in [0.5, 0.6) is 0 Å². The van der Waals surface area contributed by atoms with Crippen LogP contribution in [0, 0.1) is 13.8 Å². The average molecular weight is 377 g/mol. The molecule has 0 saturated heterocycles. The molecular weight excluding hydrogens is 348 g/mol. The summed E-state index contributed by atoms with van der Waals surface area (Å²) in [6, 6.07) is 18.2. The third-order valence-electron chi connectivity index (χ3n) is 4.81. The lowest BCUT2D eigenvalue weighted by atomic mass is 10.1. The van der Waals surface area contributed by atoms with Crippen LogP contribution >= 0.6 is 0 Å². The molecule has 0 aliphatic rings. The van der Waals surface area contributed by atoms with E-state index in [-0.39, 0.29) is 6.03 Å². The zero-order valence-corrected chi connectivity index (χ0v) is 17.1. The number of amides is 2. The fourth-order valence-electron chi connectivity index (χ4n) is 3.20. The van der Waals surface area contributed by atoms with E-state index in [1.165, 1.54) is 5.56 Å².